The van der Waals surface area contributed by atoms with Gasteiger partial charge in [-0.1, -0.05) is 0 Å². The van der Waals surface area contributed by atoms with Gasteiger partial charge in [0.1, 0.15) is 48.5 Å². The molecule has 9 atom stereocenters. The molecule has 14 nitrogen and oxygen atoms in total. The third-order valence-corrected chi connectivity index (χ3v) is 5.71. The normalized spacial score (nSPS) is 44.3. The van der Waals surface area contributed by atoms with Crippen LogP contribution in [-0.2, 0) is 15.2 Å². The molecule has 0 aliphatic carbocycles. The summed E-state index contributed by atoms with van der Waals surface area (Å²) in [6.07, 6.45) is -11.9. The fourth-order valence-corrected chi connectivity index (χ4v) is 4.10. The van der Waals surface area contributed by atoms with E-state index in [2.05, 4.69) is 4.98 Å². The number of ether oxygens (including phenoxy) is 2. The van der Waals surface area contributed by atoms with E-state index in [4.69, 9.17) is 15.2 Å². The first kappa shape index (κ1) is 23.0. The molecule has 0 saturated carbocycles. The molecule has 30 heavy (non-hydrogen) atoms. The first-order valence-corrected chi connectivity index (χ1v) is 9.05. The van der Waals surface area contributed by atoms with Crippen molar-refractivity contribution in [3.8, 4) is 0 Å². The van der Waals surface area contributed by atoms with Crippen LogP contribution in [-0.4, -0.2) is 119 Å². The summed E-state index contributed by atoms with van der Waals surface area (Å²) in [4.78, 5) is 16.0. The van der Waals surface area contributed by atoms with Crippen LogP contribution in [0.25, 0.3) is 0 Å². The quantitative estimate of drug-likeness (QED) is 0.209. The van der Waals surface area contributed by atoms with Crippen LogP contribution in [0.5, 0.6) is 0 Å². The Kier molecular flexibility index (Phi) is 6.18. The molecule has 2 saturated heterocycles. The minimum Gasteiger partial charge on any atom is -0.394 e. The fraction of sp³-hybridized carbons (Fsp3) is 0.750. The number of nitrogens with two attached hydrogens (primary N) is 1. The number of nitrogen functional groups attached to an aromatic ring is 1. The molecule has 0 radical (unpaired) electrons. The summed E-state index contributed by atoms with van der Waals surface area (Å²) >= 11 is 0. The van der Waals surface area contributed by atoms with Crippen LogP contribution >= 0.6 is 0 Å². The molecule has 3 rings (SSSR count). The zero-order valence-electron chi connectivity index (χ0n) is 15.6. The lowest BCUT2D eigenvalue weighted by Gasteiger charge is -2.51. The van der Waals surface area contributed by atoms with E-state index in [1.807, 2.05) is 0 Å². The average molecular weight is 435 g/mol. The van der Waals surface area contributed by atoms with E-state index in [0.29, 0.717) is 4.57 Å². The molecule has 0 unspecified atom stereocenters. The number of nitrogens with zero attached hydrogens (tertiary/aromatic N) is 2. The van der Waals surface area contributed by atoms with Crippen LogP contribution in [0.15, 0.2) is 17.1 Å². The third-order valence-electron chi connectivity index (χ3n) is 5.71. The van der Waals surface area contributed by atoms with Crippen LogP contribution in [0.1, 0.15) is 0 Å². The summed E-state index contributed by atoms with van der Waals surface area (Å²) in [5.41, 5.74) is -1.10. The molecular weight excluding hydrogens is 410 g/mol. The van der Waals surface area contributed by atoms with Crippen molar-refractivity contribution in [1.29, 1.82) is 0 Å². The molecule has 0 spiro atoms. The van der Waals surface area contributed by atoms with E-state index in [-0.39, 0.29) is 5.82 Å². The van der Waals surface area contributed by atoms with Gasteiger partial charge in [-0.05, 0) is 6.07 Å². The second-order valence-corrected chi connectivity index (χ2v) is 7.31. The number of aliphatic hydroxyl groups is 8. The Bertz CT molecular complexity index is 822. The van der Waals surface area contributed by atoms with Crippen LogP contribution in [0, 0.1) is 0 Å². The van der Waals surface area contributed by atoms with E-state index in [1.165, 1.54) is 0 Å². The highest BCUT2D eigenvalue weighted by Gasteiger charge is 2.73. The second-order valence-electron chi connectivity index (χ2n) is 7.31. The number of anilines is 1. The minimum atomic E-state index is -2.88. The smallest absolute Gasteiger partial charge is 0.352 e. The second kappa shape index (κ2) is 8.08. The first-order valence-electron chi connectivity index (χ1n) is 9.05. The largest absolute Gasteiger partial charge is 0.394 e. The molecule has 2 fully saturated rings. The Morgan fingerprint density at radius 1 is 1.07 bits per heavy atom. The highest BCUT2D eigenvalue weighted by molar-refractivity contribution is 5.25. The topological polar surface area (TPSA) is 241 Å². The lowest BCUT2D eigenvalue weighted by atomic mass is 9.75. The van der Waals surface area contributed by atoms with Gasteiger partial charge in [0.05, 0.1) is 19.8 Å². The van der Waals surface area contributed by atoms with Crippen LogP contribution < -0.4 is 11.4 Å². The predicted molar refractivity (Wildman–Crippen MR) is 94.7 cm³/mol. The van der Waals surface area contributed by atoms with Gasteiger partial charge in [-0.2, -0.15) is 4.98 Å². The van der Waals surface area contributed by atoms with Crippen molar-refractivity contribution in [2.45, 2.75) is 54.1 Å². The van der Waals surface area contributed by atoms with Crippen molar-refractivity contribution in [1.82, 2.24) is 9.55 Å². The molecule has 0 aromatic carbocycles. The van der Waals surface area contributed by atoms with Gasteiger partial charge < -0.3 is 56.1 Å². The molecule has 1 aromatic rings. The summed E-state index contributed by atoms with van der Waals surface area (Å²) in [6, 6.07) is 1.13. The standard InChI is InChI=1S/C16H25N3O11/c17-8-1-2-19(14(27)18-8)15(5-22)16(28,12(26)7(4-21)30-15)13-11(25)10(24)9(23)6(3-20)29-13/h1-2,6-7,9-13,20-26,28H,3-5H2,(H2,17,18,27)/t6-,7-,9-,10+,11-,12-,13+,15-,16+/m1/s1. The van der Waals surface area contributed by atoms with Gasteiger partial charge in [0.2, 0.25) is 5.72 Å². The zero-order chi connectivity index (χ0) is 22.4. The van der Waals surface area contributed by atoms with Crippen molar-refractivity contribution in [2.24, 2.45) is 0 Å². The Labute approximate surface area is 169 Å². The van der Waals surface area contributed by atoms with Gasteiger partial charge >= 0.3 is 5.69 Å². The van der Waals surface area contributed by atoms with Crippen molar-refractivity contribution in [3.63, 3.8) is 0 Å². The summed E-state index contributed by atoms with van der Waals surface area (Å²) in [6.45, 7) is -2.90. The van der Waals surface area contributed by atoms with E-state index in [9.17, 15) is 45.6 Å². The Balaban J connectivity index is 2.22. The monoisotopic (exact) mass is 435 g/mol. The van der Waals surface area contributed by atoms with Gasteiger partial charge in [-0.25, -0.2) is 4.79 Å². The van der Waals surface area contributed by atoms with Gasteiger partial charge in [0.25, 0.3) is 0 Å². The molecule has 10 N–H and O–H groups in total. The zero-order valence-corrected chi connectivity index (χ0v) is 15.6. The molecule has 2 aliphatic rings. The van der Waals surface area contributed by atoms with Crippen molar-refractivity contribution in [2.75, 3.05) is 25.6 Å². The van der Waals surface area contributed by atoms with Crippen LogP contribution in [0.4, 0.5) is 5.82 Å². The van der Waals surface area contributed by atoms with E-state index < -0.39 is 79.6 Å². The van der Waals surface area contributed by atoms with Gasteiger partial charge in [0.15, 0.2) is 5.60 Å². The van der Waals surface area contributed by atoms with Crippen molar-refractivity contribution in [3.05, 3.63) is 22.7 Å². The highest BCUT2D eigenvalue weighted by Crippen LogP contribution is 2.48. The maximum absolute atomic E-state index is 12.5. The fourth-order valence-electron chi connectivity index (χ4n) is 4.10. The molecule has 170 valence electrons. The van der Waals surface area contributed by atoms with Crippen LogP contribution in [0.3, 0.4) is 0 Å². The summed E-state index contributed by atoms with van der Waals surface area (Å²) in [7, 11) is 0. The average Bonchev–Trinajstić information content (AvgIpc) is 2.95. The Morgan fingerprint density at radius 3 is 2.23 bits per heavy atom. The molecule has 2 aliphatic heterocycles. The van der Waals surface area contributed by atoms with Gasteiger partial charge in [-0.15, -0.1) is 0 Å². The van der Waals surface area contributed by atoms with Crippen molar-refractivity contribution >= 4 is 5.82 Å². The maximum Gasteiger partial charge on any atom is 0.352 e. The Morgan fingerprint density at radius 2 is 1.70 bits per heavy atom. The lowest BCUT2D eigenvalue weighted by molar-refractivity contribution is -0.319. The van der Waals surface area contributed by atoms with Gasteiger partial charge in [0, 0.05) is 6.20 Å². The first-order chi connectivity index (χ1) is 14.1. The molecule has 0 bridgehead atoms. The molecule has 0 amide bonds. The minimum absolute atomic E-state index is 0.196. The number of rotatable bonds is 5. The molecular formula is C16H25N3O11. The number of aromatic nitrogens is 2. The highest BCUT2D eigenvalue weighted by atomic mass is 16.6. The van der Waals surface area contributed by atoms with E-state index in [0.717, 1.165) is 12.3 Å². The summed E-state index contributed by atoms with van der Waals surface area (Å²) in [5.74, 6) is -0.196. The number of hydrogen-bond donors (Lipinski definition) is 9. The molecule has 1 aromatic heterocycles. The molecule has 3 heterocycles. The SMILES string of the molecule is Nc1ccn([C@]2(CO)O[C@H](CO)[C@@H](O)[C@]2(O)[C@H]2O[C@H](CO)[C@@H](O)[C@H](O)[C@H]2O)c(=O)n1. The number of aliphatic hydroxyl groups excluding tert-OH is 7. The van der Waals surface area contributed by atoms with E-state index >= 15 is 0 Å². The Hall–Kier alpha value is -1.72. The van der Waals surface area contributed by atoms with E-state index in [1.54, 1.807) is 0 Å². The maximum atomic E-state index is 12.5. The lowest BCUT2D eigenvalue weighted by Crippen LogP contribution is -2.74. The van der Waals surface area contributed by atoms with Crippen LogP contribution in [0.2, 0.25) is 0 Å². The summed E-state index contributed by atoms with van der Waals surface area (Å²) in [5, 5.41) is 82.2. The van der Waals surface area contributed by atoms with Gasteiger partial charge in [-0.3, -0.25) is 4.57 Å². The predicted octanol–water partition coefficient (Wildman–Crippen LogP) is -6.20. The molecule has 14 heteroatoms. The van der Waals surface area contributed by atoms with Crippen molar-refractivity contribution < 1.29 is 50.3 Å². The summed E-state index contributed by atoms with van der Waals surface area (Å²) < 4.78 is 11.5. The third kappa shape index (κ3) is 3.04. The number of hydrogen-bond acceptors (Lipinski definition) is 13.